The fourth-order valence-corrected chi connectivity index (χ4v) is 10.7. The van der Waals surface area contributed by atoms with Gasteiger partial charge in [0.2, 0.25) is 0 Å². The molecule has 0 aromatic carbocycles. The average Bonchev–Trinajstić information content (AvgIpc) is 3.43. The molecule has 0 fully saturated rings. The highest BCUT2D eigenvalue weighted by molar-refractivity contribution is 5.71. The minimum atomic E-state index is -0.772. The molecule has 0 amide bonds. The SMILES string of the molecule is CCCCC/C=C\C/C=C\CCCCCCCCCC(=O)OC(COC(=O)CCCCCCCCCCCCCCCCCC)COC(=O)CCCCCCCCCCCCCCCCCCCCCCCCCCCC. The molecule has 0 aromatic heterocycles. The molecule has 0 saturated carbocycles. The van der Waals surface area contributed by atoms with Crippen LogP contribution < -0.4 is 0 Å². The Kier molecular flexibility index (Phi) is 64.6. The largest absolute Gasteiger partial charge is 0.462 e. The second kappa shape index (κ2) is 66.4. The summed E-state index contributed by atoms with van der Waals surface area (Å²) >= 11 is 0. The van der Waals surface area contributed by atoms with E-state index in [0.29, 0.717) is 19.3 Å². The maximum absolute atomic E-state index is 12.9. The topological polar surface area (TPSA) is 78.9 Å². The molecular formula is C71H134O6. The van der Waals surface area contributed by atoms with E-state index < -0.39 is 6.10 Å². The van der Waals surface area contributed by atoms with Crippen LogP contribution in [0, 0.1) is 0 Å². The zero-order valence-corrected chi connectivity index (χ0v) is 52.3. The average molecular weight is 1080 g/mol. The molecule has 0 rings (SSSR count). The Bertz CT molecular complexity index is 1240. The number of rotatable bonds is 65. The molecule has 0 heterocycles. The monoisotopic (exact) mass is 1080 g/mol. The number of ether oxygens (including phenoxy) is 3. The van der Waals surface area contributed by atoms with Crippen molar-refractivity contribution in [3.63, 3.8) is 0 Å². The number of hydrogen-bond acceptors (Lipinski definition) is 6. The van der Waals surface area contributed by atoms with E-state index in [2.05, 4.69) is 45.1 Å². The molecule has 0 aromatic rings. The maximum atomic E-state index is 12.9. The zero-order valence-electron chi connectivity index (χ0n) is 52.3. The predicted octanol–water partition coefficient (Wildman–Crippen LogP) is 23.8. The summed E-state index contributed by atoms with van der Waals surface area (Å²) < 4.78 is 17.0. The van der Waals surface area contributed by atoms with Crippen molar-refractivity contribution in [3.05, 3.63) is 24.3 Å². The Morgan fingerprint density at radius 3 is 0.740 bits per heavy atom. The third-order valence-electron chi connectivity index (χ3n) is 16.0. The lowest BCUT2D eigenvalue weighted by molar-refractivity contribution is -0.167. The summed E-state index contributed by atoms with van der Waals surface area (Å²) in [5.41, 5.74) is 0. The zero-order chi connectivity index (χ0) is 55.7. The normalized spacial score (nSPS) is 12.1. The Morgan fingerprint density at radius 1 is 0.260 bits per heavy atom. The van der Waals surface area contributed by atoms with E-state index in [1.165, 1.54) is 283 Å². The summed E-state index contributed by atoms with van der Waals surface area (Å²) in [7, 11) is 0. The smallest absolute Gasteiger partial charge is 0.306 e. The van der Waals surface area contributed by atoms with Gasteiger partial charge in [-0.2, -0.15) is 0 Å². The summed E-state index contributed by atoms with van der Waals surface area (Å²) in [6.45, 7) is 6.69. The first-order valence-corrected chi connectivity index (χ1v) is 34.8. The number of carbonyl (C=O) groups is 3. The Labute approximate surface area is 481 Å². The van der Waals surface area contributed by atoms with E-state index in [4.69, 9.17) is 14.2 Å². The van der Waals surface area contributed by atoms with Crippen LogP contribution in [-0.4, -0.2) is 37.2 Å². The highest BCUT2D eigenvalue weighted by Crippen LogP contribution is 2.19. The van der Waals surface area contributed by atoms with Gasteiger partial charge in [0.25, 0.3) is 0 Å². The van der Waals surface area contributed by atoms with E-state index in [0.717, 1.165) is 70.6 Å². The second-order valence-electron chi connectivity index (χ2n) is 23.8. The van der Waals surface area contributed by atoms with E-state index >= 15 is 0 Å². The van der Waals surface area contributed by atoms with Gasteiger partial charge >= 0.3 is 17.9 Å². The van der Waals surface area contributed by atoms with Crippen LogP contribution in [0.2, 0.25) is 0 Å². The van der Waals surface area contributed by atoms with Gasteiger partial charge in [0.15, 0.2) is 6.10 Å². The minimum absolute atomic E-state index is 0.0681. The number of hydrogen-bond donors (Lipinski definition) is 0. The van der Waals surface area contributed by atoms with Crippen molar-refractivity contribution in [3.8, 4) is 0 Å². The Balaban J connectivity index is 4.23. The third kappa shape index (κ3) is 64.6. The molecule has 454 valence electrons. The molecule has 1 atom stereocenters. The molecule has 77 heavy (non-hydrogen) atoms. The van der Waals surface area contributed by atoms with Crippen molar-refractivity contribution in [1.29, 1.82) is 0 Å². The van der Waals surface area contributed by atoms with E-state index in [-0.39, 0.29) is 31.1 Å². The maximum Gasteiger partial charge on any atom is 0.306 e. The van der Waals surface area contributed by atoms with E-state index in [1.54, 1.807) is 0 Å². The van der Waals surface area contributed by atoms with Crippen LogP contribution in [-0.2, 0) is 28.6 Å². The van der Waals surface area contributed by atoms with Gasteiger partial charge in [-0.25, -0.2) is 0 Å². The first-order chi connectivity index (χ1) is 38.0. The van der Waals surface area contributed by atoms with Crippen LogP contribution in [0.3, 0.4) is 0 Å². The van der Waals surface area contributed by atoms with Crippen LogP contribution in [0.1, 0.15) is 393 Å². The molecule has 0 spiro atoms. The predicted molar refractivity (Wildman–Crippen MR) is 335 cm³/mol. The highest BCUT2D eigenvalue weighted by atomic mass is 16.6. The summed E-state index contributed by atoms with van der Waals surface area (Å²) in [4.78, 5) is 38.4. The number of allylic oxidation sites excluding steroid dienone is 4. The van der Waals surface area contributed by atoms with E-state index in [1.807, 2.05) is 0 Å². The molecule has 6 nitrogen and oxygen atoms in total. The van der Waals surface area contributed by atoms with Crippen molar-refractivity contribution in [2.24, 2.45) is 0 Å². The lowest BCUT2D eigenvalue weighted by Crippen LogP contribution is -2.30. The van der Waals surface area contributed by atoms with Crippen LogP contribution in [0.5, 0.6) is 0 Å². The lowest BCUT2D eigenvalue weighted by Gasteiger charge is -2.18. The summed E-state index contributed by atoms with van der Waals surface area (Å²) in [5.74, 6) is -0.844. The highest BCUT2D eigenvalue weighted by Gasteiger charge is 2.19. The first kappa shape index (κ1) is 74.9. The summed E-state index contributed by atoms with van der Waals surface area (Å²) in [6, 6.07) is 0. The Hall–Kier alpha value is -2.11. The van der Waals surface area contributed by atoms with Crippen LogP contribution in [0.4, 0.5) is 0 Å². The van der Waals surface area contributed by atoms with Crippen molar-refractivity contribution >= 4 is 17.9 Å². The van der Waals surface area contributed by atoms with Crippen LogP contribution >= 0.6 is 0 Å². The second-order valence-corrected chi connectivity index (χ2v) is 23.8. The van der Waals surface area contributed by atoms with Gasteiger partial charge < -0.3 is 14.2 Å². The molecule has 6 heteroatoms. The molecule has 0 N–H and O–H groups in total. The molecule has 0 aliphatic heterocycles. The third-order valence-corrected chi connectivity index (χ3v) is 16.0. The first-order valence-electron chi connectivity index (χ1n) is 34.8. The van der Waals surface area contributed by atoms with Crippen LogP contribution in [0.15, 0.2) is 24.3 Å². The lowest BCUT2D eigenvalue weighted by atomic mass is 10.0. The fourth-order valence-electron chi connectivity index (χ4n) is 10.7. The molecule has 0 aliphatic rings. The van der Waals surface area contributed by atoms with Gasteiger partial charge in [0.05, 0.1) is 0 Å². The fraction of sp³-hybridized carbons (Fsp3) is 0.901. The molecular weight excluding hydrogens is 949 g/mol. The quantitative estimate of drug-likeness (QED) is 0.0261. The Morgan fingerprint density at radius 2 is 0.468 bits per heavy atom. The van der Waals surface area contributed by atoms with Gasteiger partial charge in [0, 0.05) is 19.3 Å². The van der Waals surface area contributed by atoms with E-state index in [9.17, 15) is 14.4 Å². The van der Waals surface area contributed by atoms with Gasteiger partial charge in [-0.3, -0.25) is 14.4 Å². The standard InChI is InChI=1S/C71H134O6/c1-4-7-10-13-16-19-22-25-28-31-32-33-34-35-36-37-38-39-41-43-46-49-52-55-58-61-64-70(73)76-67-68(66-75-69(72)63-60-57-54-51-48-45-42-30-27-24-21-18-15-12-9-6-3)77-71(74)65-62-59-56-53-50-47-44-40-29-26-23-20-17-14-11-8-5-2/h17,20,26,29,68H,4-16,18-19,21-25,27-28,30-67H2,1-3H3/b20-17-,29-26-. The van der Waals surface area contributed by atoms with Gasteiger partial charge in [-0.05, 0) is 51.4 Å². The molecule has 0 saturated heterocycles. The molecule has 0 radical (unpaired) electrons. The van der Waals surface area contributed by atoms with Gasteiger partial charge in [-0.15, -0.1) is 0 Å². The van der Waals surface area contributed by atoms with Crippen molar-refractivity contribution < 1.29 is 28.6 Å². The van der Waals surface area contributed by atoms with Crippen molar-refractivity contribution in [2.75, 3.05) is 13.2 Å². The number of unbranched alkanes of at least 4 members (excludes halogenated alkanes) is 50. The minimum Gasteiger partial charge on any atom is -0.462 e. The summed E-state index contributed by atoms with van der Waals surface area (Å²) in [5, 5.41) is 0. The van der Waals surface area contributed by atoms with Crippen LogP contribution in [0.25, 0.3) is 0 Å². The molecule has 1 unspecified atom stereocenters. The van der Waals surface area contributed by atoms with Crippen molar-refractivity contribution in [2.45, 2.75) is 399 Å². The van der Waals surface area contributed by atoms with Gasteiger partial charge in [0.1, 0.15) is 13.2 Å². The molecule has 0 aliphatic carbocycles. The number of carbonyl (C=O) groups excluding carboxylic acids is 3. The van der Waals surface area contributed by atoms with Crippen molar-refractivity contribution in [1.82, 2.24) is 0 Å². The number of esters is 3. The van der Waals surface area contributed by atoms with Gasteiger partial charge in [-0.1, -0.05) is 347 Å². The molecule has 0 bridgehead atoms. The summed E-state index contributed by atoms with van der Waals surface area (Å²) in [6.07, 6.45) is 80.6.